The topological polar surface area (TPSA) is 82.6 Å². The molecular formula is C29H27N3O4. The van der Waals surface area contributed by atoms with Gasteiger partial charge in [0.2, 0.25) is 0 Å². The number of hydrogen-bond donors (Lipinski definition) is 1. The maximum atomic E-state index is 13.4. The number of anilines is 1. The van der Waals surface area contributed by atoms with Crippen molar-refractivity contribution in [1.29, 1.82) is 0 Å². The largest absolute Gasteiger partial charge is 0.493 e. The maximum absolute atomic E-state index is 13.4. The number of carbonyl (C=O) groups excluding carboxylic acids is 1. The van der Waals surface area contributed by atoms with Gasteiger partial charge < -0.3 is 19.5 Å². The highest BCUT2D eigenvalue weighted by atomic mass is 16.5. The summed E-state index contributed by atoms with van der Waals surface area (Å²) >= 11 is 0. The van der Waals surface area contributed by atoms with Crippen LogP contribution in [0.2, 0.25) is 0 Å². The maximum Gasteiger partial charge on any atom is 0.322 e. The van der Waals surface area contributed by atoms with Crippen molar-refractivity contribution in [1.82, 2.24) is 9.97 Å². The first-order chi connectivity index (χ1) is 17.4. The van der Waals surface area contributed by atoms with Crippen molar-refractivity contribution in [3.05, 3.63) is 101 Å². The van der Waals surface area contributed by atoms with Crippen LogP contribution in [0.25, 0.3) is 11.6 Å². The van der Waals surface area contributed by atoms with Gasteiger partial charge in [-0.3, -0.25) is 4.79 Å². The van der Waals surface area contributed by atoms with Crippen LogP contribution >= 0.6 is 0 Å². The van der Waals surface area contributed by atoms with Gasteiger partial charge in [0.25, 0.3) is 5.91 Å². The Morgan fingerprint density at radius 1 is 0.806 bits per heavy atom. The SMILES string of the molecule is COc1ccc(/C=C(/C(=O)Nc2ccc(Oc3nc(C)cc(C)n3)cc2)c2ccccc2)cc1OC. The van der Waals surface area contributed by atoms with Crippen LogP contribution in [-0.2, 0) is 4.79 Å². The number of nitrogens with zero attached hydrogens (tertiary/aromatic N) is 2. The zero-order valence-electron chi connectivity index (χ0n) is 20.6. The summed E-state index contributed by atoms with van der Waals surface area (Å²) in [7, 11) is 3.16. The van der Waals surface area contributed by atoms with E-state index in [1.165, 1.54) is 0 Å². The molecule has 1 aromatic heterocycles. The Labute approximate surface area is 210 Å². The molecule has 0 aliphatic carbocycles. The first-order valence-electron chi connectivity index (χ1n) is 11.4. The first-order valence-corrected chi connectivity index (χ1v) is 11.4. The van der Waals surface area contributed by atoms with Crippen molar-refractivity contribution in [3.8, 4) is 23.3 Å². The number of aromatic nitrogens is 2. The molecule has 7 heteroatoms. The van der Waals surface area contributed by atoms with E-state index in [4.69, 9.17) is 14.2 Å². The molecule has 1 amide bonds. The number of carbonyl (C=O) groups is 1. The molecule has 0 bridgehead atoms. The zero-order valence-corrected chi connectivity index (χ0v) is 20.6. The Kier molecular flexibility index (Phi) is 7.60. The summed E-state index contributed by atoms with van der Waals surface area (Å²) in [6, 6.07) is 24.2. The molecular weight excluding hydrogens is 454 g/mol. The van der Waals surface area contributed by atoms with Gasteiger partial charge in [0.05, 0.1) is 14.2 Å². The highest BCUT2D eigenvalue weighted by Gasteiger charge is 2.14. The molecule has 0 saturated carbocycles. The number of benzene rings is 3. The predicted molar refractivity (Wildman–Crippen MR) is 141 cm³/mol. The lowest BCUT2D eigenvalue weighted by Crippen LogP contribution is -2.13. The second-order valence-corrected chi connectivity index (χ2v) is 8.05. The molecule has 4 rings (SSSR count). The quantitative estimate of drug-likeness (QED) is 0.243. The van der Waals surface area contributed by atoms with Crippen molar-refractivity contribution < 1.29 is 19.0 Å². The number of ether oxygens (including phenoxy) is 3. The van der Waals surface area contributed by atoms with Crippen LogP contribution in [0.3, 0.4) is 0 Å². The van der Waals surface area contributed by atoms with Crippen molar-refractivity contribution in [2.45, 2.75) is 13.8 Å². The summed E-state index contributed by atoms with van der Waals surface area (Å²) in [5.74, 6) is 1.53. The minimum atomic E-state index is -0.248. The van der Waals surface area contributed by atoms with Crippen LogP contribution in [0.1, 0.15) is 22.5 Å². The van der Waals surface area contributed by atoms with Gasteiger partial charge in [-0.2, -0.15) is 0 Å². The molecule has 0 aliphatic heterocycles. The zero-order chi connectivity index (χ0) is 25.5. The van der Waals surface area contributed by atoms with Gasteiger partial charge in [-0.1, -0.05) is 36.4 Å². The molecule has 0 saturated heterocycles. The molecule has 1 heterocycles. The number of amides is 1. The van der Waals surface area contributed by atoms with Crippen molar-refractivity contribution in [2.75, 3.05) is 19.5 Å². The fourth-order valence-corrected chi connectivity index (χ4v) is 3.66. The van der Waals surface area contributed by atoms with Crippen LogP contribution in [0.4, 0.5) is 5.69 Å². The molecule has 36 heavy (non-hydrogen) atoms. The summed E-state index contributed by atoms with van der Waals surface area (Å²) in [5.41, 5.74) is 4.39. The van der Waals surface area contributed by atoms with Gasteiger partial charge >= 0.3 is 6.01 Å². The van der Waals surface area contributed by atoms with Crippen molar-refractivity contribution in [3.63, 3.8) is 0 Å². The normalized spacial score (nSPS) is 11.1. The molecule has 0 radical (unpaired) electrons. The van der Waals surface area contributed by atoms with Crippen LogP contribution in [-0.4, -0.2) is 30.1 Å². The monoisotopic (exact) mass is 481 g/mol. The van der Waals surface area contributed by atoms with Gasteiger partial charge in [0.1, 0.15) is 5.75 Å². The molecule has 0 aliphatic rings. The van der Waals surface area contributed by atoms with E-state index in [1.54, 1.807) is 38.5 Å². The van der Waals surface area contributed by atoms with E-state index in [1.807, 2.05) is 74.5 Å². The Hall–Kier alpha value is -4.65. The second kappa shape index (κ2) is 11.2. The lowest BCUT2D eigenvalue weighted by atomic mass is 10.0. The Bertz CT molecular complexity index is 1360. The van der Waals surface area contributed by atoms with Crippen molar-refractivity contribution in [2.24, 2.45) is 0 Å². The lowest BCUT2D eigenvalue weighted by Gasteiger charge is -2.12. The molecule has 0 spiro atoms. The van der Waals surface area contributed by atoms with E-state index >= 15 is 0 Å². The number of methoxy groups -OCH3 is 2. The van der Waals surface area contributed by atoms with Crippen LogP contribution in [0, 0.1) is 13.8 Å². The summed E-state index contributed by atoms with van der Waals surface area (Å²) < 4.78 is 16.5. The molecule has 1 N–H and O–H groups in total. The minimum Gasteiger partial charge on any atom is -0.493 e. The number of rotatable bonds is 8. The third-order valence-electron chi connectivity index (χ3n) is 5.33. The van der Waals surface area contributed by atoms with Gasteiger partial charge in [-0.15, -0.1) is 0 Å². The van der Waals surface area contributed by atoms with E-state index in [9.17, 15) is 4.79 Å². The molecule has 3 aromatic carbocycles. The molecule has 4 aromatic rings. The highest BCUT2D eigenvalue weighted by molar-refractivity contribution is 6.29. The van der Waals surface area contributed by atoms with Crippen LogP contribution in [0.5, 0.6) is 23.3 Å². The van der Waals surface area contributed by atoms with Crippen LogP contribution in [0.15, 0.2) is 78.9 Å². The fourth-order valence-electron chi connectivity index (χ4n) is 3.66. The minimum absolute atomic E-state index is 0.248. The molecule has 0 atom stereocenters. The van der Waals surface area contributed by atoms with Gasteiger partial charge in [-0.25, -0.2) is 9.97 Å². The van der Waals surface area contributed by atoms with Crippen LogP contribution < -0.4 is 19.5 Å². The Morgan fingerprint density at radius 3 is 2.11 bits per heavy atom. The van der Waals surface area contributed by atoms with E-state index in [-0.39, 0.29) is 11.9 Å². The Morgan fingerprint density at radius 2 is 1.47 bits per heavy atom. The van der Waals surface area contributed by atoms with E-state index < -0.39 is 0 Å². The summed E-state index contributed by atoms with van der Waals surface area (Å²) in [6.45, 7) is 3.78. The lowest BCUT2D eigenvalue weighted by molar-refractivity contribution is -0.111. The standard InChI is InChI=1S/C29H27N3O4/c1-19-16-20(2)31-29(30-19)36-24-13-11-23(12-14-24)32-28(33)25(22-8-6-5-7-9-22)17-21-10-15-26(34-3)27(18-21)35-4/h5-18H,1-4H3,(H,32,33)/b25-17+. The molecule has 7 nitrogen and oxygen atoms in total. The van der Waals surface area contributed by atoms with E-state index in [0.717, 1.165) is 22.5 Å². The summed E-state index contributed by atoms with van der Waals surface area (Å²) in [4.78, 5) is 21.9. The molecule has 0 unspecified atom stereocenters. The summed E-state index contributed by atoms with van der Waals surface area (Å²) in [5, 5.41) is 2.97. The number of hydrogen-bond acceptors (Lipinski definition) is 6. The first kappa shape index (κ1) is 24.5. The second-order valence-electron chi connectivity index (χ2n) is 8.05. The average Bonchev–Trinajstić information content (AvgIpc) is 2.88. The van der Waals surface area contributed by atoms with E-state index in [0.29, 0.717) is 28.5 Å². The average molecular weight is 482 g/mol. The van der Waals surface area contributed by atoms with Gasteiger partial charge in [0.15, 0.2) is 11.5 Å². The smallest absolute Gasteiger partial charge is 0.322 e. The summed E-state index contributed by atoms with van der Waals surface area (Å²) in [6.07, 6.45) is 1.82. The number of aryl methyl sites for hydroxylation is 2. The molecule has 182 valence electrons. The highest BCUT2D eigenvalue weighted by Crippen LogP contribution is 2.30. The van der Waals surface area contributed by atoms with Gasteiger partial charge in [-0.05, 0) is 73.5 Å². The third-order valence-corrected chi connectivity index (χ3v) is 5.33. The predicted octanol–water partition coefficient (Wildman–Crippen LogP) is 6.08. The van der Waals surface area contributed by atoms with Gasteiger partial charge in [0, 0.05) is 22.6 Å². The number of nitrogens with one attached hydrogen (secondary N) is 1. The fraction of sp³-hybridized carbons (Fsp3) is 0.138. The molecule has 0 fully saturated rings. The Balaban J connectivity index is 1.57. The van der Waals surface area contributed by atoms with Crippen molar-refractivity contribution >= 4 is 23.2 Å². The van der Waals surface area contributed by atoms with E-state index in [2.05, 4.69) is 15.3 Å². The third kappa shape index (κ3) is 6.07.